The Morgan fingerprint density at radius 3 is 2.84 bits per heavy atom. The average molecular weight is 403 g/mol. The molecule has 3 rings (SSSR count). The molecule has 2 heterocycles. The van der Waals surface area contributed by atoms with Gasteiger partial charge in [0.1, 0.15) is 5.75 Å². The van der Waals surface area contributed by atoms with Gasteiger partial charge in [0.15, 0.2) is 0 Å². The van der Waals surface area contributed by atoms with Crippen molar-refractivity contribution in [2.75, 3.05) is 6.61 Å². The molecule has 1 unspecified atom stereocenters. The Hall–Kier alpha value is -0.360. The summed E-state index contributed by atoms with van der Waals surface area (Å²) >= 11 is 8.72. The van der Waals surface area contributed by atoms with Gasteiger partial charge in [-0.3, -0.25) is 0 Å². The van der Waals surface area contributed by atoms with E-state index in [1.54, 1.807) is 11.3 Å². The SMILES string of the molecule is NC(Cc1cc(Br)cc2c1OCC2)c1cc(Br)cs1. The van der Waals surface area contributed by atoms with Crippen LogP contribution >= 0.6 is 43.2 Å². The van der Waals surface area contributed by atoms with Crippen molar-refractivity contribution in [3.8, 4) is 5.75 Å². The molecule has 0 spiro atoms. The summed E-state index contributed by atoms with van der Waals surface area (Å²) in [4.78, 5) is 1.19. The fourth-order valence-electron chi connectivity index (χ4n) is 2.36. The molecule has 0 aliphatic carbocycles. The van der Waals surface area contributed by atoms with Crippen LogP contribution in [0.15, 0.2) is 32.5 Å². The zero-order chi connectivity index (χ0) is 13.4. The van der Waals surface area contributed by atoms with Crippen molar-refractivity contribution in [3.63, 3.8) is 0 Å². The second-order valence-electron chi connectivity index (χ2n) is 4.63. The van der Waals surface area contributed by atoms with Gasteiger partial charge in [-0.1, -0.05) is 15.9 Å². The summed E-state index contributed by atoms with van der Waals surface area (Å²) in [5, 5.41) is 2.07. The van der Waals surface area contributed by atoms with Crippen LogP contribution in [0.2, 0.25) is 0 Å². The maximum atomic E-state index is 6.30. The molecule has 19 heavy (non-hydrogen) atoms. The van der Waals surface area contributed by atoms with E-state index >= 15 is 0 Å². The molecule has 0 bridgehead atoms. The Morgan fingerprint density at radius 1 is 1.26 bits per heavy atom. The summed E-state index contributed by atoms with van der Waals surface area (Å²) in [5.74, 6) is 1.04. The van der Waals surface area contributed by atoms with Crippen LogP contribution in [0.25, 0.3) is 0 Å². The van der Waals surface area contributed by atoms with Gasteiger partial charge in [0.2, 0.25) is 0 Å². The molecular formula is C14H13Br2NOS. The lowest BCUT2D eigenvalue weighted by Crippen LogP contribution is -2.12. The van der Waals surface area contributed by atoms with Gasteiger partial charge in [0, 0.05) is 31.7 Å². The van der Waals surface area contributed by atoms with E-state index < -0.39 is 0 Å². The van der Waals surface area contributed by atoms with Gasteiger partial charge in [-0.05, 0) is 51.7 Å². The second kappa shape index (κ2) is 5.56. The summed E-state index contributed by atoms with van der Waals surface area (Å²) in [7, 11) is 0. The molecule has 2 aromatic rings. The monoisotopic (exact) mass is 401 g/mol. The van der Waals surface area contributed by atoms with Gasteiger partial charge in [-0.2, -0.15) is 0 Å². The van der Waals surface area contributed by atoms with E-state index in [1.807, 2.05) is 0 Å². The lowest BCUT2D eigenvalue weighted by atomic mass is 10.0. The minimum atomic E-state index is 0.0129. The highest BCUT2D eigenvalue weighted by Gasteiger charge is 2.20. The number of ether oxygens (including phenoxy) is 1. The van der Waals surface area contributed by atoms with Crippen molar-refractivity contribution in [3.05, 3.63) is 48.5 Å². The molecule has 0 amide bonds. The first-order chi connectivity index (χ1) is 9.13. The molecule has 1 atom stereocenters. The minimum Gasteiger partial charge on any atom is -0.493 e. The number of nitrogens with two attached hydrogens (primary N) is 1. The van der Waals surface area contributed by atoms with Crippen molar-refractivity contribution in [1.29, 1.82) is 0 Å². The molecule has 2 nitrogen and oxygen atoms in total. The molecular weight excluding hydrogens is 390 g/mol. The van der Waals surface area contributed by atoms with E-state index in [9.17, 15) is 0 Å². The van der Waals surface area contributed by atoms with Crippen LogP contribution in [-0.2, 0) is 12.8 Å². The Labute approximate surface area is 133 Å². The summed E-state index contributed by atoms with van der Waals surface area (Å²) < 4.78 is 7.94. The smallest absolute Gasteiger partial charge is 0.125 e. The van der Waals surface area contributed by atoms with E-state index in [2.05, 4.69) is 55.4 Å². The highest BCUT2D eigenvalue weighted by atomic mass is 79.9. The van der Waals surface area contributed by atoms with Gasteiger partial charge in [0.25, 0.3) is 0 Å². The van der Waals surface area contributed by atoms with Crippen LogP contribution in [0.1, 0.15) is 22.0 Å². The number of hydrogen-bond acceptors (Lipinski definition) is 3. The van der Waals surface area contributed by atoms with Gasteiger partial charge in [-0.15, -0.1) is 11.3 Å². The molecule has 1 aromatic carbocycles. The highest BCUT2D eigenvalue weighted by Crippen LogP contribution is 2.36. The molecule has 1 aromatic heterocycles. The summed E-state index contributed by atoms with van der Waals surface area (Å²) in [6.07, 6.45) is 1.79. The Bertz CT molecular complexity index is 611. The first kappa shape index (κ1) is 13.6. The number of rotatable bonds is 3. The van der Waals surface area contributed by atoms with Crippen LogP contribution < -0.4 is 10.5 Å². The van der Waals surface area contributed by atoms with Crippen LogP contribution in [-0.4, -0.2) is 6.61 Å². The molecule has 2 N–H and O–H groups in total. The predicted molar refractivity (Wildman–Crippen MR) is 86.0 cm³/mol. The summed E-state index contributed by atoms with van der Waals surface area (Å²) in [6.45, 7) is 0.776. The largest absolute Gasteiger partial charge is 0.493 e. The van der Waals surface area contributed by atoms with Crippen molar-refractivity contribution < 1.29 is 4.74 Å². The zero-order valence-electron chi connectivity index (χ0n) is 10.2. The molecule has 0 fully saturated rings. The van der Waals surface area contributed by atoms with Gasteiger partial charge in [-0.25, -0.2) is 0 Å². The van der Waals surface area contributed by atoms with E-state index in [1.165, 1.54) is 16.0 Å². The summed E-state index contributed by atoms with van der Waals surface area (Å²) in [5.41, 5.74) is 8.78. The van der Waals surface area contributed by atoms with Gasteiger partial charge < -0.3 is 10.5 Å². The third kappa shape index (κ3) is 2.89. The Balaban J connectivity index is 1.87. The number of thiophene rings is 1. The normalized spacial score (nSPS) is 15.1. The van der Waals surface area contributed by atoms with Crippen molar-refractivity contribution in [2.24, 2.45) is 5.73 Å². The van der Waals surface area contributed by atoms with Crippen LogP contribution in [0, 0.1) is 0 Å². The standard InChI is InChI=1S/C14H13Br2NOS/c15-10-3-8-1-2-18-14(8)9(4-10)5-12(17)13-6-11(16)7-19-13/h3-4,6-7,12H,1-2,5,17H2. The maximum Gasteiger partial charge on any atom is 0.125 e. The highest BCUT2D eigenvalue weighted by molar-refractivity contribution is 9.10. The molecule has 1 aliphatic rings. The maximum absolute atomic E-state index is 6.30. The number of benzene rings is 1. The zero-order valence-corrected chi connectivity index (χ0v) is 14.1. The van der Waals surface area contributed by atoms with E-state index in [0.29, 0.717) is 0 Å². The average Bonchev–Trinajstić information content (AvgIpc) is 2.97. The summed E-state index contributed by atoms with van der Waals surface area (Å²) in [6, 6.07) is 6.36. The molecule has 100 valence electrons. The van der Waals surface area contributed by atoms with Crippen molar-refractivity contribution in [1.82, 2.24) is 0 Å². The van der Waals surface area contributed by atoms with Crippen LogP contribution in [0.3, 0.4) is 0 Å². The quantitative estimate of drug-likeness (QED) is 0.822. The molecule has 5 heteroatoms. The number of halogens is 2. The predicted octanol–water partition coefficient (Wildman–Crippen LogP) is 4.45. The van der Waals surface area contributed by atoms with Crippen molar-refractivity contribution in [2.45, 2.75) is 18.9 Å². The molecule has 0 radical (unpaired) electrons. The van der Waals surface area contributed by atoms with Crippen LogP contribution in [0.4, 0.5) is 0 Å². The minimum absolute atomic E-state index is 0.0129. The molecule has 1 aliphatic heterocycles. The van der Waals surface area contributed by atoms with E-state index in [0.717, 1.165) is 34.1 Å². The Morgan fingerprint density at radius 2 is 2.11 bits per heavy atom. The number of hydrogen-bond donors (Lipinski definition) is 1. The first-order valence-electron chi connectivity index (χ1n) is 6.07. The lowest BCUT2D eigenvalue weighted by molar-refractivity contribution is 0.352. The fourth-order valence-corrected chi connectivity index (χ4v) is 4.36. The van der Waals surface area contributed by atoms with Gasteiger partial charge in [0.05, 0.1) is 6.61 Å². The molecule has 0 saturated heterocycles. The second-order valence-corrected chi connectivity index (χ2v) is 7.40. The van der Waals surface area contributed by atoms with Crippen molar-refractivity contribution >= 4 is 43.2 Å². The van der Waals surface area contributed by atoms with Gasteiger partial charge >= 0.3 is 0 Å². The van der Waals surface area contributed by atoms with E-state index in [-0.39, 0.29) is 6.04 Å². The first-order valence-corrected chi connectivity index (χ1v) is 8.53. The third-order valence-electron chi connectivity index (χ3n) is 3.22. The fraction of sp³-hybridized carbons (Fsp3) is 0.286. The lowest BCUT2D eigenvalue weighted by Gasteiger charge is -2.13. The topological polar surface area (TPSA) is 35.2 Å². The van der Waals surface area contributed by atoms with E-state index in [4.69, 9.17) is 10.5 Å². The molecule has 0 saturated carbocycles. The third-order valence-corrected chi connectivity index (χ3v) is 5.50. The number of fused-ring (bicyclic) bond motifs is 1. The van der Waals surface area contributed by atoms with Crippen LogP contribution in [0.5, 0.6) is 5.75 Å². The Kier molecular flexibility index (Phi) is 3.98.